The van der Waals surface area contributed by atoms with Gasteiger partial charge in [-0.1, -0.05) is 26.8 Å². The molecule has 0 atom stereocenters. The van der Waals surface area contributed by atoms with Gasteiger partial charge in [-0.15, -0.1) is 11.3 Å². The molecule has 1 heterocycles. The Morgan fingerprint density at radius 2 is 1.89 bits per heavy atom. The summed E-state index contributed by atoms with van der Waals surface area (Å²) in [7, 11) is -3.41. The molecule has 0 fully saturated rings. The fourth-order valence-corrected chi connectivity index (χ4v) is 4.26. The fourth-order valence-electron chi connectivity index (χ4n) is 2.32. The number of thiophene rings is 1. The van der Waals surface area contributed by atoms with Crippen LogP contribution in [0.4, 0.5) is 0 Å². The summed E-state index contributed by atoms with van der Waals surface area (Å²) in [6.45, 7) is 10.1. The first-order valence-corrected chi connectivity index (χ1v) is 8.67. The highest BCUT2D eigenvalue weighted by atomic mass is 32.2. The van der Waals surface area contributed by atoms with Crippen molar-refractivity contribution < 1.29 is 8.42 Å². The van der Waals surface area contributed by atoms with E-state index in [2.05, 4.69) is 25.5 Å². The molecule has 1 N–H and O–H groups in total. The molecule has 0 aliphatic rings. The van der Waals surface area contributed by atoms with E-state index in [4.69, 9.17) is 0 Å². The Bertz CT molecular complexity index is 520. The van der Waals surface area contributed by atoms with Crippen LogP contribution in [0.3, 0.4) is 0 Å². The smallest absolute Gasteiger partial charge is 0.208 e. The molecule has 0 amide bonds. The van der Waals surface area contributed by atoms with Crippen LogP contribution in [0.15, 0.2) is 22.9 Å². The van der Waals surface area contributed by atoms with Crippen molar-refractivity contribution >= 4 is 27.4 Å². The van der Waals surface area contributed by atoms with Gasteiger partial charge in [0.05, 0.1) is 0 Å². The van der Waals surface area contributed by atoms with Gasteiger partial charge in [0.25, 0.3) is 0 Å². The first-order valence-electron chi connectivity index (χ1n) is 6.25. The van der Waals surface area contributed by atoms with Crippen molar-refractivity contribution in [2.45, 2.75) is 46.6 Å². The highest BCUT2D eigenvalue weighted by Crippen LogP contribution is 2.27. The molecule has 0 aliphatic heterocycles. The third-order valence-corrected chi connectivity index (χ3v) is 4.51. The van der Waals surface area contributed by atoms with Crippen molar-refractivity contribution in [2.75, 3.05) is 0 Å². The van der Waals surface area contributed by atoms with Crippen molar-refractivity contribution in [3.05, 3.63) is 27.8 Å². The largest absolute Gasteiger partial charge is 0.234 e. The van der Waals surface area contributed by atoms with E-state index in [1.165, 1.54) is 16.7 Å². The van der Waals surface area contributed by atoms with Gasteiger partial charge in [0.1, 0.15) is 0 Å². The highest BCUT2D eigenvalue weighted by molar-refractivity contribution is 7.92. The van der Waals surface area contributed by atoms with Crippen LogP contribution in [0.25, 0.3) is 6.08 Å². The Labute approximate surface area is 120 Å². The van der Waals surface area contributed by atoms with E-state index in [1.807, 2.05) is 31.4 Å². The standard InChI is InChI=1S/C14H23NO2S2/c1-13(2,3)11-14(4,5)15-19(16,17)10-8-12-7-6-9-18-12/h6-10,15H,11H2,1-5H3. The van der Waals surface area contributed by atoms with E-state index >= 15 is 0 Å². The minimum absolute atomic E-state index is 0.0729. The minimum Gasteiger partial charge on any atom is -0.208 e. The summed E-state index contributed by atoms with van der Waals surface area (Å²) in [5, 5.41) is 3.16. The maximum atomic E-state index is 12.0. The predicted octanol–water partition coefficient (Wildman–Crippen LogP) is 3.85. The first-order chi connectivity index (χ1) is 8.49. The normalized spacial score (nSPS) is 14.2. The number of rotatable bonds is 5. The van der Waals surface area contributed by atoms with Gasteiger partial charge in [0.2, 0.25) is 10.0 Å². The lowest BCUT2D eigenvalue weighted by Crippen LogP contribution is -2.44. The Hall–Kier alpha value is -0.650. The SMILES string of the molecule is CC(C)(C)CC(C)(C)NS(=O)(=O)C=Cc1cccs1. The van der Waals surface area contributed by atoms with Gasteiger partial charge in [-0.3, -0.25) is 0 Å². The maximum Gasteiger partial charge on any atom is 0.234 e. The van der Waals surface area contributed by atoms with Gasteiger partial charge in [-0.25, -0.2) is 13.1 Å². The molecule has 3 nitrogen and oxygen atoms in total. The van der Waals surface area contributed by atoms with Gasteiger partial charge in [-0.2, -0.15) is 0 Å². The van der Waals surface area contributed by atoms with Crippen LogP contribution in [0.1, 0.15) is 45.9 Å². The molecule has 0 saturated heterocycles. The van der Waals surface area contributed by atoms with Crippen LogP contribution in [0.2, 0.25) is 0 Å². The molecule has 0 radical (unpaired) electrons. The molecule has 0 spiro atoms. The Balaban J connectivity index is 2.74. The van der Waals surface area contributed by atoms with Crippen LogP contribution in [0.5, 0.6) is 0 Å². The molecule has 0 bridgehead atoms. The molecular formula is C14H23NO2S2. The maximum absolute atomic E-state index is 12.0. The number of nitrogens with one attached hydrogen (secondary N) is 1. The lowest BCUT2D eigenvalue weighted by Gasteiger charge is -2.32. The number of hydrogen-bond acceptors (Lipinski definition) is 3. The Kier molecular flexibility index (Phi) is 4.98. The van der Waals surface area contributed by atoms with E-state index in [-0.39, 0.29) is 5.41 Å². The third kappa shape index (κ3) is 6.89. The monoisotopic (exact) mass is 301 g/mol. The van der Waals surface area contributed by atoms with E-state index < -0.39 is 15.6 Å². The third-order valence-electron chi connectivity index (χ3n) is 2.35. The average molecular weight is 301 g/mol. The molecule has 1 aromatic heterocycles. The van der Waals surface area contributed by atoms with Crippen LogP contribution < -0.4 is 4.72 Å². The lowest BCUT2D eigenvalue weighted by molar-refractivity contribution is 0.270. The predicted molar refractivity (Wildman–Crippen MR) is 83.6 cm³/mol. The Morgan fingerprint density at radius 3 is 2.37 bits per heavy atom. The molecule has 0 aliphatic carbocycles. The number of hydrogen-bond donors (Lipinski definition) is 1. The quantitative estimate of drug-likeness (QED) is 0.898. The van der Waals surface area contributed by atoms with Crippen LogP contribution in [0, 0.1) is 5.41 Å². The van der Waals surface area contributed by atoms with Crippen molar-refractivity contribution in [2.24, 2.45) is 5.41 Å². The topological polar surface area (TPSA) is 46.2 Å². The fraction of sp³-hybridized carbons (Fsp3) is 0.571. The van der Waals surface area contributed by atoms with Crippen molar-refractivity contribution in [3.8, 4) is 0 Å². The summed E-state index contributed by atoms with van der Waals surface area (Å²) in [5.41, 5.74) is -0.389. The summed E-state index contributed by atoms with van der Waals surface area (Å²) in [5.74, 6) is 0. The second-order valence-electron chi connectivity index (χ2n) is 6.59. The van der Waals surface area contributed by atoms with Gasteiger partial charge in [-0.05, 0) is 43.2 Å². The molecule has 108 valence electrons. The number of sulfonamides is 1. The summed E-state index contributed by atoms with van der Waals surface area (Å²) >= 11 is 1.51. The average Bonchev–Trinajstić information content (AvgIpc) is 2.60. The molecule has 1 rings (SSSR count). The van der Waals surface area contributed by atoms with Gasteiger partial charge >= 0.3 is 0 Å². The van der Waals surface area contributed by atoms with Gasteiger partial charge in [0, 0.05) is 15.8 Å². The molecule has 5 heteroatoms. The summed E-state index contributed by atoms with van der Waals surface area (Å²) in [4.78, 5) is 0.930. The zero-order valence-corrected chi connectivity index (χ0v) is 13.9. The van der Waals surface area contributed by atoms with Gasteiger partial charge < -0.3 is 0 Å². The van der Waals surface area contributed by atoms with Crippen LogP contribution in [-0.4, -0.2) is 14.0 Å². The second kappa shape index (κ2) is 5.77. The molecule has 0 unspecified atom stereocenters. The van der Waals surface area contributed by atoms with Crippen molar-refractivity contribution in [1.29, 1.82) is 0 Å². The van der Waals surface area contributed by atoms with E-state index in [0.29, 0.717) is 0 Å². The Morgan fingerprint density at radius 1 is 1.26 bits per heavy atom. The summed E-state index contributed by atoms with van der Waals surface area (Å²) in [6, 6.07) is 3.78. The summed E-state index contributed by atoms with van der Waals surface area (Å²) < 4.78 is 26.8. The van der Waals surface area contributed by atoms with Crippen LogP contribution >= 0.6 is 11.3 Å². The second-order valence-corrected chi connectivity index (χ2v) is 9.13. The lowest BCUT2D eigenvalue weighted by atomic mass is 9.82. The van der Waals surface area contributed by atoms with Crippen LogP contribution in [-0.2, 0) is 10.0 Å². The molecule has 0 aromatic carbocycles. The highest BCUT2D eigenvalue weighted by Gasteiger charge is 2.28. The minimum atomic E-state index is -3.41. The van der Waals surface area contributed by atoms with Gasteiger partial charge in [0.15, 0.2) is 0 Å². The summed E-state index contributed by atoms with van der Waals surface area (Å²) in [6.07, 6.45) is 2.40. The zero-order chi connectivity index (χ0) is 14.7. The first kappa shape index (κ1) is 16.4. The molecular weight excluding hydrogens is 278 g/mol. The molecule has 19 heavy (non-hydrogen) atoms. The van der Waals surface area contributed by atoms with Crippen molar-refractivity contribution in [3.63, 3.8) is 0 Å². The van der Waals surface area contributed by atoms with Crippen molar-refractivity contribution in [1.82, 2.24) is 4.72 Å². The molecule has 0 saturated carbocycles. The van der Waals surface area contributed by atoms with E-state index in [9.17, 15) is 8.42 Å². The molecule has 1 aromatic rings. The van der Waals surface area contributed by atoms with E-state index in [1.54, 1.807) is 6.08 Å². The van der Waals surface area contributed by atoms with E-state index in [0.717, 1.165) is 11.3 Å². The zero-order valence-electron chi connectivity index (χ0n) is 12.2.